The molecule has 1 N–H and O–H groups in total. The van der Waals surface area contributed by atoms with Crippen molar-refractivity contribution >= 4 is 5.91 Å². The highest BCUT2D eigenvalue weighted by atomic mass is 19.4. The summed E-state index contributed by atoms with van der Waals surface area (Å²) >= 11 is 0. The monoisotopic (exact) mass is 356 g/mol. The number of amides is 1. The van der Waals surface area contributed by atoms with Gasteiger partial charge in [-0.25, -0.2) is 0 Å². The van der Waals surface area contributed by atoms with Crippen LogP contribution in [0.3, 0.4) is 0 Å². The quantitative estimate of drug-likeness (QED) is 0.707. The Hall–Kier alpha value is -1.56. The molecule has 1 saturated heterocycles. The maximum Gasteiger partial charge on any atom is 0.416 e. The number of hydrogen-bond donors (Lipinski definition) is 1. The molecule has 0 aromatic heterocycles. The third-order valence-electron chi connectivity index (χ3n) is 4.64. The second kappa shape index (κ2) is 8.70. The second-order valence-electron chi connectivity index (χ2n) is 7.13. The van der Waals surface area contributed by atoms with E-state index in [1.165, 1.54) is 12.1 Å². The number of benzene rings is 1. The summed E-state index contributed by atoms with van der Waals surface area (Å²) < 4.78 is 38.1. The molecule has 1 aromatic carbocycles. The summed E-state index contributed by atoms with van der Waals surface area (Å²) in [6.07, 6.45) is -0.988. The zero-order chi connectivity index (χ0) is 18.4. The second-order valence-corrected chi connectivity index (χ2v) is 7.13. The lowest BCUT2D eigenvalue weighted by Gasteiger charge is -2.25. The summed E-state index contributed by atoms with van der Waals surface area (Å²) in [5, 5.41) is 3.20. The smallest absolute Gasteiger partial charge is 0.340 e. The van der Waals surface area contributed by atoms with E-state index in [9.17, 15) is 18.0 Å². The largest absolute Gasteiger partial charge is 0.416 e. The number of carbonyl (C=O) groups is 1. The van der Waals surface area contributed by atoms with Crippen LogP contribution in [0.5, 0.6) is 0 Å². The van der Waals surface area contributed by atoms with Gasteiger partial charge in [-0.2, -0.15) is 13.2 Å². The Morgan fingerprint density at radius 2 is 2.08 bits per heavy atom. The van der Waals surface area contributed by atoms with Gasteiger partial charge in [-0.1, -0.05) is 32.0 Å². The van der Waals surface area contributed by atoms with Gasteiger partial charge in [0.25, 0.3) is 0 Å². The van der Waals surface area contributed by atoms with E-state index in [-0.39, 0.29) is 11.9 Å². The summed E-state index contributed by atoms with van der Waals surface area (Å²) in [5.41, 5.74) is 0.00189. The van der Waals surface area contributed by atoms with Gasteiger partial charge in [0.2, 0.25) is 5.91 Å². The molecular weight excluding hydrogens is 329 g/mol. The van der Waals surface area contributed by atoms with Crippen molar-refractivity contribution < 1.29 is 18.0 Å². The minimum atomic E-state index is -4.31. The molecule has 140 valence electrons. The topological polar surface area (TPSA) is 32.3 Å². The van der Waals surface area contributed by atoms with Crippen LogP contribution in [0.4, 0.5) is 13.2 Å². The average Bonchev–Trinajstić information content (AvgIpc) is 2.89. The highest BCUT2D eigenvalue weighted by Gasteiger charge is 2.31. The molecule has 1 aromatic rings. The third-order valence-corrected chi connectivity index (χ3v) is 4.64. The zero-order valence-electron chi connectivity index (χ0n) is 14.9. The van der Waals surface area contributed by atoms with Crippen molar-refractivity contribution in [2.45, 2.75) is 58.3 Å². The number of hydrogen-bond acceptors (Lipinski definition) is 2. The number of rotatable bonds is 8. The molecule has 1 unspecified atom stereocenters. The Bertz CT molecular complexity index is 572. The number of alkyl halides is 3. The molecule has 6 heteroatoms. The first-order chi connectivity index (χ1) is 11.8. The number of halogens is 3. The van der Waals surface area contributed by atoms with Crippen LogP contribution in [0.2, 0.25) is 0 Å². The number of likely N-dealkylation sites (tertiary alicyclic amines) is 1. The van der Waals surface area contributed by atoms with Gasteiger partial charge in [0.1, 0.15) is 0 Å². The summed E-state index contributed by atoms with van der Waals surface area (Å²) in [5.74, 6) is 0.789. The van der Waals surface area contributed by atoms with Gasteiger partial charge in [-0.3, -0.25) is 4.79 Å². The van der Waals surface area contributed by atoms with E-state index in [1.807, 2.05) is 4.90 Å². The molecule has 25 heavy (non-hydrogen) atoms. The number of nitrogens with zero attached hydrogens (tertiary/aromatic N) is 1. The van der Waals surface area contributed by atoms with E-state index < -0.39 is 11.7 Å². The van der Waals surface area contributed by atoms with Crippen LogP contribution in [0.1, 0.15) is 50.7 Å². The maximum absolute atomic E-state index is 12.7. The standard InChI is InChI=1S/C19H27F3N2O/c1-14(2)9-11-24-17(6-7-18(24)25)8-10-23-13-15-4-3-5-16(12-15)19(20,21)22/h3-5,12,14,17,23H,6-11,13H2,1-2H3. The van der Waals surface area contributed by atoms with Crippen molar-refractivity contribution in [3.05, 3.63) is 35.4 Å². The van der Waals surface area contributed by atoms with Gasteiger partial charge < -0.3 is 10.2 Å². The number of nitrogens with one attached hydrogen (secondary N) is 1. The molecule has 0 bridgehead atoms. The summed E-state index contributed by atoms with van der Waals surface area (Å²) in [6.45, 7) is 6.18. The van der Waals surface area contributed by atoms with E-state index in [2.05, 4.69) is 19.2 Å². The van der Waals surface area contributed by atoms with Crippen molar-refractivity contribution in [2.75, 3.05) is 13.1 Å². The first-order valence-electron chi connectivity index (χ1n) is 8.93. The van der Waals surface area contributed by atoms with Gasteiger partial charge >= 0.3 is 6.18 Å². The van der Waals surface area contributed by atoms with E-state index in [1.54, 1.807) is 6.07 Å². The van der Waals surface area contributed by atoms with Crippen LogP contribution >= 0.6 is 0 Å². The van der Waals surface area contributed by atoms with Crippen molar-refractivity contribution in [3.8, 4) is 0 Å². The van der Waals surface area contributed by atoms with E-state index in [4.69, 9.17) is 0 Å². The van der Waals surface area contributed by atoms with E-state index >= 15 is 0 Å². The van der Waals surface area contributed by atoms with Crippen LogP contribution in [0.15, 0.2) is 24.3 Å². The minimum absolute atomic E-state index is 0.225. The van der Waals surface area contributed by atoms with Crippen molar-refractivity contribution in [3.63, 3.8) is 0 Å². The fourth-order valence-electron chi connectivity index (χ4n) is 3.16. The summed E-state index contributed by atoms with van der Waals surface area (Å²) in [6, 6.07) is 5.64. The Kier molecular flexibility index (Phi) is 6.87. The molecule has 1 aliphatic heterocycles. The first kappa shape index (κ1) is 19.8. The van der Waals surface area contributed by atoms with Crippen LogP contribution < -0.4 is 5.32 Å². The summed E-state index contributed by atoms with van der Waals surface area (Å²) in [4.78, 5) is 14.0. The molecule has 2 rings (SSSR count). The Morgan fingerprint density at radius 1 is 1.32 bits per heavy atom. The van der Waals surface area contributed by atoms with E-state index in [0.717, 1.165) is 31.9 Å². The molecule has 1 amide bonds. The summed E-state index contributed by atoms with van der Waals surface area (Å²) in [7, 11) is 0. The SMILES string of the molecule is CC(C)CCN1C(=O)CCC1CCNCc1cccc(C(F)(F)F)c1. The Labute approximate surface area is 147 Å². The predicted octanol–water partition coefficient (Wildman–Crippen LogP) is 4.22. The first-order valence-corrected chi connectivity index (χ1v) is 8.93. The fourth-order valence-corrected chi connectivity index (χ4v) is 3.16. The molecule has 1 fully saturated rings. The molecule has 1 heterocycles. The van der Waals surface area contributed by atoms with Crippen molar-refractivity contribution in [1.29, 1.82) is 0 Å². The highest BCUT2D eigenvalue weighted by molar-refractivity contribution is 5.78. The van der Waals surface area contributed by atoms with Crippen LogP contribution in [0, 0.1) is 5.92 Å². The Morgan fingerprint density at radius 3 is 2.76 bits per heavy atom. The lowest BCUT2D eigenvalue weighted by molar-refractivity contribution is -0.137. The predicted molar refractivity (Wildman–Crippen MR) is 92.0 cm³/mol. The van der Waals surface area contributed by atoms with Crippen LogP contribution in [-0.4, -0.2) is 29.9 Å². The molecule has 1 atom stereocenters. The average molecular weight is 356 g/mol. The van der Waals surface area contributed by atoms with E-state index in [0.29, 0.717) is 31.0 Å². The molecule has 0 aliphatic carbocycles. The van der Waals surface area contributed by atoms with Gasteiger partial charge in [-0.15, -0.1) is 0 Å². The molecular formula is C19H27F3N2O. The number of carbonyl (C=O) groups excluding carboxylic acids is 1. The van der Waals surface area contributed by atoms with Gasteiger partial charge in [-0.05, 0) is 43.4 Å². The van der Waals surface area contributed by atoms with Crippen LogP contribution in [0.25, 0.3) is 0 Å². The molecule has 1 aliphatic rings. The lowest BCUT2D eigenvalue weighted by Crippen LogP contribution is -2.36. The minimum Gasteiger partial charge on any atom is -0.340 e. The molecule has 0 spiro atoms. The normalized spacial score (nSPS) is 18.4. The van der Waals surface area contributed by atoms with Gasteiger partial charge in [0.15, 0.2) is 0 Å². The zero-order valence-corrected chi connectivity index (χ0v) is 14.9. The van der Waals surface area contributed by atoms with Crippen molar-refractivity contribution in [1.82, 2.24) is 10.2 Å². The van der Waals surface area contributed by atoms with Gasteiger partial charge in [0, 0.05) is 25.6 Å². The molecule has 0 saturated carbocycles. The lowest BCUT2D eigenvalue weighted by atomic mass is 10.1. The molecule has 3 nitrogen and oxygen atoms in total. The van der Waals surface area contributed by atoms with Crippen molar-refractivity contribution in [2.24, 2.45) is 5.92 Å². The third kappa shape index (κ3) is 6.03. The fraction of sp³-hybridized carbons (Fsp3) is 0.632. The highest BCUT2D eigenvalue weighted by Crippen LogP contribution is 2.29. The Balaban J connectivity index is 1.78. The molecule has 0 radical (unpaired) electrons. The van der Waals surface area contributed by atoms with Gasteiger partial charge in [0.05, 0.1) is 5.56 Å². The van der Waals surface area contributed by atoms with Crippen LogP contribution in [-0.2, 0) is 17.5 Å². The maximum atomic E-state index is 12.7.